The maximum absolute atomic E-state index is 12.4. The van der Waals surface area contributed by atoms with Crippen LogP contribution in [-0.2, 0) is 0 Å². The second kappa shape index (κ2) is 7.44. The van der Waals surface area contributed by atoms with Crippen LogP contribution in [0, 0.1) is 0 Å². The van der Waals surface area contributed by atoms with Crippen LogP contribution < -0.4 is 0 Å². The minimum Gasteiger partial charge on any atom is -0.339 e. The molecule has 110 valence electrons. The van der Waals surface area contributed by atoms with Crippen LogP contribution in [0.3, 0.4) is 0 Å². The fraction of sp³-hybridized carbons (Fsp3) is 0.588. The van der Waals surface area contributed by atoms with Crippen LogP contribution >= 0.6 is 0 Å². The smallest absolute Gasteiger partial charge is 0.253 e. The van der Waals surface area contributed by atoms with Crippen LogP contribution in [0.25, 0.3) is 0 Å². The summed E-state index contributed by atoms with van der Waals surface area (Å²) in [7, 11) is 1.95. The zero-order valence-corrected chi connectivity index (χ0v) is 12.7. The molecular formula is C17H26N2O. The van der Waals surface area contributed by atoms with Gasteiger partial charge in [0, 0.05) is 31.7 Å². The summed E-state index contributed by atoms with van der Waals surface area (Å²) < 4.78 is 0. The van der Waals surface area contributed by atoms with E-state index in [1.165, 1.54) is 19.4 Å². The number of benzene rings is 1. The summed E-state index contributed by atoms with van der Waals surface area (Å²) in [5.74, 6) is 0.151. The van der Waals surface area contributed by atoms with Gasteiger partial charge in [0.2, 0.25) is 0 Å². The number of carbonyl (C=O) groups excluding carboxylic acids is 1. The molecule has 1 aromatic carbocycles. The highest BCUT2D eigenvalue weighted by molar-refractivity contribution is 5.94. The van der Waals surface area contributed by atoms with Crippen molar-refractivity contribution in [2.24, 2.45) is 0 Å². The third-order valence-corrected chi connectivity index (χ3v) is 4.27. The predicted molar refractivity (Wildman–Crippen MR) is 82.9 cm³/mol. The molecule has 0 aromatic heterocycles. The highest BCUT2D eigenvalue weighted by atomic mass is 16.2. The van der Waals surface area contributed by atoms with Gasteiger partial charge in [-0.15, -0.1) is 0 Å². The Bertz CT molecular complexity index is 410. The number of likely N-dealkylation sites (tertiary alicyclic amines) is 1. The third kappa shape index (κ3) is 3.83. The van der Waals surface area contributed by atoms with Crippen molar-refractivity contribution in [3.8, 4) is 0 Å². The molecule has 0 N–H and O–H groups in total. The normalized spacial score (nSPS) is 17.1. The second-order valence-electron chi connectivity index (χ2n) is 5.71. The summed E-state index contributed by atoms with van der Waals surface area (Å²) in [6.07, 6.45) is 4.73. The quantitative estimate of drug-likeness (QED) is 0.824. The number of amides is 1. The molecule has 1 amide bonds. The van der Waals surface area contributed by atoms with Crippen molar-refractivity contribution < 1.29 is 4.79 Å². The van der Waals surface area contributed by atoms with Crippen LogP contribution in [0.4, 0.5) is 0 Å². The number of hydrogen-bond acceptors (Lipinski definition) is 2. The number of hydrogen-bond donors (Lipinski definition) is 0. The molecule has 0 bridgehead atoms. The Hall–Kier alpha value is -1.35. The van der Waals surface area contributed by atoms with Gasteiger partial charge in [0.1, 0.15) is 0 Å². The Labute approximate surface area is 122 Å². The largest absolute Gasteiger partial charge is 0.339 e. The zero-order chi connectivity index (χ0) is 14.4. The van der Waals surface area contributed by atoms with E-state index in [0.29, 0.717) is 6.04 Å². The molecule has 1 heterocycles. The molecule has 1 fully saturated rings. The van der Waals surface area contributed by atoms with Crippen molar-refractivity contribution in [2.45, 2.75) is 38.6 Å². The minimum atomic E-state index is 0.151. The van der Waals surface area contributed by atoms with E-state index in [1.807, 2.05) is 42.3 Å². The molecule has 0 unspecified atom stereocenters. The number of unbranched alkanes of at least 4 members (excludes halogenated alkanes) is 1. The third-order valence-electron chi connectivity index (χ3n) is 4.27. The molecular weight excluding hydrogens is 248 g/mol. The van der Waals surface area contributed by atoms with Crippen molar-refractivity contribution in [3.63, 3.8) is 0 Å². The number of nitrogens with zero attached hydrogens (tertiary/aromatic N) is 2. The number of rotatable bonds is 5. The SMILES string of the molecule is CCCCN1CCC(N(C)C(=O)c2ccccc2)CC1. The van der Waals surface area contributed by atoms with E-state index in [0.717, 1.165) is 31.5 Å². The summed E-state index contributed by atoms with van der Waals surface area (Å²) in [4.78, 5) is 16.9. The van der Waals surface area contributed by atoms with Crippen LogP contribution in [0.5, 0.6) is 0 Å². The molecule has 3 heteroatoms. The fourth-order valence-electron chi connectivity index (χ4n) is 2.86. The van der Waals surface area contributed by atoms with Crippen LogP contribution in [0.1, 0.15) is 43.0 Å². The van der Waals surface area contributed by atoms with Crippen molar-refractivity contribution in [1.82, 2.24) is 9.80 Å². The monoisotopic (exact) mass is 274 g/mol. The molecule has 1 saturated heterocycles. The Morgan fingerprint density at radius 3 is 2.50 bits per heavy atom. The Balaban J connectivity index is 1.85. The first kappa shape index (κ1) is 15.0. The summed E-state index contributed by atoms with van der Waals surface area (Å²) in [5, 5.41) is 0. The maximum atomic E-state index is 12.4. The highest BCUT2D eigenvalue weighted by Crippen LogP contribution is 2.18. The minimum absolute atomic E-state index is 0.151. The average Bonchev–Trinajstić information content (AvgIpc) is 2.53. The zero-order valence-electron chi connectivity index (χ0n) is 12.7. The van der Waals surface area contributed by atoms with Gasteiger partial charge >= 0.3 is 0 Å². The van der Waals surface area contributed by atoms with E-state index >= 15 is 0 Å². The van der Waals surface area contributed by atoms with Crippen molar-refractivity contribution in [3.05, 3.63) is 35.9 Å². The van der Waals surface area contributed by atoms with E-state index in [4.69, 9.17) is 0 Å². The molecule has 0 atom stereocenters. The molecule has 1 aliphatic rings. The summed E-state index contributed by atoms with van der Waals surface area (Å²) in [6, 6.07) is 9.98. The lowest BCUT2D eigenvalue weighted by Gasteiger charge is -2.36. The van der Waals surface area contributed by atoms with Gasteiger partial charge in [0.15, 0.2) is 0 Å². The first-order valence-electron chi connectivity index (χ1n) is 7.77. The standard InChI is InChI=1S/C17H26N2O/c1-3-4-12-19-13-10-16(11-14-19)18(2)17(20)15-8-6-5-7-9-15/h5-9,16H,3-4,10-14H2,1-2H3. The molecule has 0 spiro atoms. The Kier molecular flexibility index (Phi) is 5.60. The predicted octanol–water partition coefficient (Wildman–Crippen LogP) is 3.02. The number of carbonyl (C=O) groups is 1. The summed E-state index contributed by atoms with van der Waals surface area (Å²) >= 11 is 0. The Morgan fingerprint density at radius 1 is 1.25 bits per heavy atom. The van der Waals surface area contributed by atoms with Gasteiger partial charge in [0.05, 0.1) is 0 Å². The maximum Gasteiger partial charge on any atom is 0.253 e. The van der Waals surface area contributed by atoms with E-state index in [9.17, 15) is 4.79 Å². The average molecular weight is 274 g/mol. The van der Waals surface area contributed by atoms with Crippen molar-refractivity contribution in [2.75, 3.05) is 26.7 Å². The lowest BCUT2D eigenvalue weighted by atomic mass is 10.0. The Morgan fingerprint density at radius 2 is 1.90 bits per heavy atom. The van der Waals surface area contributed by atoms with Crippen LogP contribution in [-0.4, -0.2) is 48.4 Å². The van der Waals surface area contributed by atoms with Gasteiger partial charge in [-0.3, -0.25) is 4.79 Å². The first-order chi connectivity index (χ1) is 9.72. The molecule has 3 nitrogen and oxygen atoms in total. The first-order valence-corrected chi connectivity index (χ1v) is 7.77. The molecule has 0 radical (unpaired) electrons. The number of piperidine rings is 1. The lowest BCUT2D eigenvalue weighted by molar-refractivity contribution is 0.0641. The van der Waals surface area contributed by atoms with Crippen molar-refractivity contribution in [1.29, 1.82) is 0 Å². The van der Waals surface area contributed by atoms with Crippen LogP contribution in [0.2, 0.25) is 0 Å². The van der Waals surface area contributed by atoms with E-state index in [1.54, 1.807) is 0 Å². The molecule has 1 aromatic rings. The van der Waals surface area contributed by atoms with Gasteiger partial charge in [0.25, 0.3) is 5.91 Å². The van der Waals surface area contributed by atoms with Gasteiger partial charge in [-0.1, -0.05) is 31.5 Å². The summed E-state index contributed by atoms with van der Waals surface area (Å²) in [6.45, 7) is 5.69. The molecule has 2 rings (SSSR count). The van der Waals surface area contributed by atoms with Gasteiger partial charge < -0.3 is 9.80 Å². The molecule has 0 aliphatic carbocycles. The van der Waals surface area contributed by atoms with E-state index in [-0.39, 0.29) is 5.91 Å². The molecule has 20 heavy (non-hydrogen) atoms. The lowest BCUT2D eigenvalue weighted by Crippen LogP contribution is -2.45. The molecule has 0 saturated carbocycles. The van der Waals surface area contributed by atoms with Crippen LogP contribution in [0.15, 0.2) is 30.3 Å². The van der Waals surface area contributed by atoms with Gasteiger partial charge in [-0.05, 0) is 37.9 Å². The van der Waals surface area contributed by atoms with E-state index in [2.05, 4.69) is 11.8 Å². The summed E-state index contributed by atoms with van der Waals surface area (Å²) in [5.41, 5.74) is 0.795. The topological polar surface area (TPSA) is 23.6 Å². The van der Waals surface area contributed by atoms with Crippen molar-refractivity contribution >= 4 is 5.91 Å². The van der Waals surface area contributed by atoms with Gasteiger partial charge in [-0.2, -0.15) is 0 Å². The molecule has 1 aliphatic heterocycles. The van der Waals surface area contributed by atoms with E-state index < -0.39 is 0 Å². The second-order valence-corrected chi connectivity index (χ2v) is 5.71. The van der Waals surface area contributed by atoms with Gasteiger partial charge in [-0.25, -0.2) is 0 Å². The fourth-order valence-corrected chi connectivity index (χ4v) is 2.86. The highest BCUT2D eigenvalue weighted by Gasteiger charge is 2.25.